The van der Waals surface area contributed by atoms with Crippen molar-refractivity contribution >= 4 is 12.4 Å². The van der Waals surface area contributed by atoms with Gasteiger partial charge in [-0.1, -0.05) is 31.9 Å². The molecule has 0 spiro atoms. The molecule has 0 aliphatic heterocycles. The number of methoxy groups -OCH3 is 1. The van der Waals surface area contributed by atoms with Gasteiger partial charge in [-0.25, -0.2) is 4.79 Å². The summed E-state index contributed by atoms with van der Waals surface area (Å²) in [6.07, 6.45) is 3.03. The number of ether oxygens (including phenoxy) is 2. The average molecular weight is 335 g/mol. The second-order valence-electron chi connectivity index (χ2n) is 6.84. The molecule has 0 heterocycles. The lowest BCUT2D eigenvalue weighted by Gasteiger charge is -2.27. The van der Waals surface area contributed by atoms with Crippen LogP contribution in [-0.4, -0.2) is 25.1 Å². The van der Waals surface area contributed by atoms with Gasteiger partial charge in [-0.15, -0.1) is 0 Å². The van der Waals surface area contributed by atoms with Gasteiger partial charge in [0.2, 0.25) is 0 Å². The van der Waals surface area contributed by atoms with Gasteiger partial charge in [0.15, 0.2) is 0 Å². The van der Waals surface area contributed by atoms with Crippen molar-refractivity contribution < 1.29 is 19.1 Å². The summed E-state index contributed by atoms with van der Waals surface area (Å²) in [6, 6.07) is 6.95. The number of alkyl carbamates (subject to hydrolysis) is 1. The maximum atomic E-state index is 12.2. The van der Waals surface area contributed by atoms with Crippen molar-refractivity contribution in [3.63, 3.8) is 0 Å². The largest absolute Gasteiger partial charge is 0.497 e. The second-order valence-corrected chi connectivity index (χ2v) is 6.84. The minimum Gasteiger partial charge on any atom is -0.497 e. The first-order valence-electron chi connectivity index (χ1n) is 8.39. The maximum Gasteiger partial charge on any atom is 0.408 e. The second kappa shape index (κ2) is 9.30. The number of unbranched alkanes of at least 4 members (excludes halogenated alkanes) is 1. The van der Waals surface area contributed by atoms with Gasteiger partial charge in [-0.2, -0.15) is 0 Å². The maximum absolute atomic E-state index is 12.2. The first-order valence-corrected chi connectivity index (χ1v) is 8.39. The van der Waals surface area contributed by atoms with Gasteiger partial charge in [-0.05, 0) is 44.9 Å². The minimum atomic E-state index is -0.589. The van der Waals surface area contributed by atoms with E-state index in [1.165, 1.54) is 0 Å². The van der Waals surface area contributed by atoms with Crippen LogP contribution in [-0.2, 0) is 9.53 Å². The Kier molecular flexibility index (Phi) is 7.75. The predicted molar refractivity (Wildman–Crippen MR) is 94.2 cm³/mol. The zero-order valence-electron chi connectivity index (χ0n) is 15.3. The van der Waals surface area contributed by atoms with E-state index in [9.17, 15) is 9.59 Å². The molecule has 0 fully saturated rings. The van der Waals surface area contributed by atoms with Gasteiger partial charge in [0.1, 0.15) is 17.6 Å². The molecule has 134 valence electrons. The van der Waals surface area contributed by atoms with E-state index in [0.717, 1.165) is 30.4 Å². The number of hydrogen-bond donors (Lipinski definition) is 1. The number of carbonyl (C=O) groups is 2. The SMILES string of the molecule is CCCC[C@H](C=O)C(NC(=O)OC(C)(C)C)c1ccc(OC)cc1. The lowest BCUT2D eigenvalue weighted by Crippen LogP contribution is -2.38. The van der Waals surface area contributed by atoms with E-state index in [1.54, 1.807) is 7.11 Å². The van der Waals surface area contributed by atoms with E-state index in [-0.39, 0.29) is 5.92 Å². The highest BCUT2D eigenvalue weighted by Gasteiger charge is 2.27. The Morgan fingerprint density at radius 2 is 1.88 bits per heavy atom. The molecular formula is C19H29NO4. The number of hydrogen-bond acceptors (Lipinski definition) is 4. The summed E-state index contributed by atoms with van der Waals surface area (Å²) < 4.78 is 10.5. The number of amides is 1. The molecule has 0 radical (unpaired) electrons. The molecule has 1 amide bonds. The van der Waals surface area contributed by atoms with Crippen LogP contribution in [0.2, 0.25) is 0 Å². The van der Waals surface area contributed by atoms with Crippen LogP contribution in [0.25, 0.3) is 0 Å². The van der Waals surface area contributed by atoms with Crippen molar-refractivity contribution in [2.24, 2.45) is 5.92 Å². The van der Waals surface area contributed by atoms with Crippen LogP contribution in [0.3, 0.4) is 0 Å². The number of rotatable bonds is 8. The highest BCUT2D eigenvalue weighted by Crippen LogP contribution is 2.27. The summed E-state index contributed by atoms with van der Waals surface area (Å²) >= 11 is 0. The summed E-state index contributed by atoms with van der Waals surface area (Å²) in [5.41, 5.74) is 0.268. The highest BCUT2D eigenvalue weighted by molar-refractivity contribution is 5.69. The lowest BCUT2D eigenvalue weighted by atomic mass is 9.90. The summed E-state index contributed by atoms with van der Waals surface area (Å²) in [5.74, 6) is 0.428. The first-order chi connectivity index (χ1) is 11.3. The molecule has 0 saturated heterocycles. The lowest BCUT2D eigenvalue weighted by molar-refractivity contribution is -0.112. The minimum absolute atomic E-state index is 0.300. The molecule has 0 aromatic heterocycles. The molecule has 0 aliphatic rings. The van der Waals surface area contributed by atoms with E-state index >= 15 is 0 Å². The Morgan fingerprint density at radius 1 is 1.25 bits per heavy atom. The summed E-state index contributed by atoms with van der Waals surface area (Å²) in [7, 11) is 1.60. The Labute approximate surface area is 144 Å². The van der Waals surface area contributed by atoms with Crippen LogP contribution in [0.15, 0.2) is 24.3 Å². The summed E-state index contributed by atoms with van der Waals surface area (Å²) in [6.45, 7) is 7.50. The normalized spacial score (nSPS) is 13.7. The highest BCUT2D eigenvalue weighted by atomic mass is 16.6. The standard InChI is InChI=1S/C19H29NO4/c1-6-7-8-15(13-21)17(20-18(22)24-19(2,3)4)14-9-11-16(23-5)12-10-14/h9-13,15,17H,6-8H2,1-5H3,(H,20,22)/t15-,17?/m1/s1. The molecular weight excluding hydrogens is 306 g/mol. The van der Waals surface area contributed by atoms with Crippen LogP contribution in [0.1, 0.15) is 58.6 Å². The van der Waals surface area contributed by atoms with Crippen molar-refractivity contribution in [1.82, 2.24) is 5.32 Å². The molecule has 5 heteroatoms. The Bertz CT molecular complexity index is 519. The van der Waals surface area contributed by atoms with Gasteiger partial charge < -0.3 is 19.6 Å². The van der Waals surface area contributed by atoms with E-state index in [0.29, 0.717) is 6.42 Å². The monoisotopic (exact) mass is 335 g/mol. The summed E-state index contributed by atoms with van der Waals surface area (Å²) in [4.78, 5) is 23.8. The number of benzene rings is 1. The van der Waals surface area contributed by atoms with Crippen LogP contribution in [0, 0.1) is 5.92 Å². The third-order valence-corrected chi connectivity index (χ3v) is 3.64. The third-order valence-electron chi connectivity index (χ3n) is 3.64. The Morgan fingerprint density at radius 3 is 2.33 bits per heavy atom. The predicted octanol–water partition coefficient (Wildman–Crippen LogP) is 4.27. The van der Waals surface area contributed by atoms with Crippen molar-refractivity contribution in [3.8, 4) is 5.75 Å². The van der Waals surface area contributed by atoms with Crippen LogP contribution >= 0.6 is 0 Å². The van der Waals surface area contributed by atoms with Gasteiger partial charge in [0, 0.05) is 5.92 Å². The number of aldehydes is 1. The van der Waals surface area contributed by atoms with Crippen LogP contribution in [0.4, 0.5) is 4.79 Å². The Hall–Kier alpha value is -2.04. The van der Waals surface area contributed by atoms with E-state index in [4.69, 9.17) is 9.47 Å². The van der Waals surface area contributed by atoms with Crippen LogP contribution in [0.5, 0.6) is 5.75 Å². The van der Waals surface area contributed by atoms with Gasteiger partial charge in [0.05, 0.1) is 13.2 Å². The molecule has 1 aromatic rings. The van der Waals surface area contributed by atoms with Crippen molar-refractivity contribution in [2.45, 2.75) is 58.6 Å². The molecule has 1 aromatic carbocycles. The summed E-state index contributed by atoms with van der Waals surface area (Å²) in [5, 5.41) is 2.85. The fourth-order valence-electron chi connectivity index (χ4n) is 2.44. The molecule has 0 aliphatic carbocycles. The zero-order valence-corrected chi connectivity index (χ0v) is 15.3. The molecule has 1 unspecified atom stereocenters. The van der Waals surface area contributed by atoms with Crippen molar-refractivity contribution in [1.29, 1.82) is 0 Å². The molecule has 5 nitrogen and oxygen atoms in total. The average Bonchev–Trinajstić information content (AvgIpc) is 2.52. The van der Waals surface area contributed by atoms with E-state index < -0.39 is 17.7 Å². The van der Waals surface area contributed by atoms with Gasteiger partial charge in [-0.3, -0.25) is 0 Å². The first kappa shape index (κ1) is 20.0. The van der Waals surface area contributed by atoms with E-state index in [2.05, 4.69) is 12.2 Å². The van der Waals surface area contributed by atoms with Crippen molar-refractivity contribution in [3.05, 3.63) is 29.8 Å². The molecule has 24 heavy (non-hydrogen) atoms. The quantitative estimate of drug-likeness (QED) is 0.721. The fraction of sp³-hybridized carbons (Fsp3) is 0.579. The van der Waals surface area contributed by atoms with Crippen LogP contribution < -0.4 is 10.1 Å². The Balaban J connectivity index is 3.00. The molecule has 0 saturated carbocycles. The van der Waals surface area contributed by atoms with E-state index in [1.807, 2.05) is 45.0 Å². The number of nitrogens with one attached hydrogen (secondary N) is 1. The molecule has 1 rings (SSSR count). The van der Waals surface area contributed by atoms with Gasteiger partial charge >= 0.3 is 6.09 Å². The van der Waals surface area contributed by atoms with Crippen molar-refractivity contribution in [2.75, 3.05) is 7.11 Å². The molecule has 0 bridgehead atoms. The topological polar surface area (TPSA) is 64.6 Å². The zero-order chi connectivity index (χ0) is 18.2. The molecule has 1 N–H and O–H groups in total. The molecule has 2 atom stereocenters. The fourth-order valence-corrected chi connectivity index (χ4v) is 2.44. The number of carbonyl (C=O) groups excluding carboxylic acids is 2. The third kappa shape index (κ3) is 6.60. The smallest absolute Gasteiger partial charge is 0.408 e. The van der Waals surface area contributed by atoms with Gasteiger partial charge in [0.25, 0.3) is 0 Å².